The van der Waals surface area contributed by atoms with Gasteiger partial charge in [-0.05, 0) is 36.1 Å². The second-order valence-electron chi connectivity index (χ2n) is 6.49. The third kappa shape index (κ3) is 5.11. The van der Waals surface area contributed by atoms with Crippen molar-refractivity contribution >= 4 is 20.8 Å². The number of fused-ring (bicyclic) bond motifs is 1. The van der Waals surface area contributed by atoms with Gasteiger partial charge in [0.2, 0.25) is 10.0 Å². The summed E-state index contributed by atoms with van der Waals surface area (Å²) in [6.45, 7) is 2.53. The average molecular weight is 385 g/mol. The third-order valence-corrected chi connectivity index (χ3v) is 5.84. The Labute approximate surface area is 159 Å². The molecule has 1 heterocycles. The SMILES string of the molecule is C[C@H](CNC[C@H](O)c1ccccc1)NS(=O)(=O)c1ccc2cnccc2c1. The molecule has 0 spiro atoms. The lowest BCUT2D eigenvalue weighted by Crippen LogP contribution is -2.40. The molecule has 3 N–H and O–H groups in total. The Bertz CT molecular complexity index is 994. The maximum absolute atomic E-state index is 12.6. The molecule has 2 atom stereocenters. The number of rotatable bonds is 8. The molecule has 0 unspecified atom stereocenters. The predicted molar refractivity (Wildman–Crippen MR) is 106 cm³/mol. The minimum Gasteiger partial charge on any atom is -0.387 e. The molecule has 3 rings (SSSR count). The molecule has 142 valence electrons. The maximum atomic E-state index is 12.6. The van der Waals surface area contributed by atoms with Gasteiger partial charge in [-0.25, -0.2) is 13.1 Å². The monoisotopic (exact) mass is 385 g/mol. The van der Waals surface area contributed by atoms with Crippen LogP contribution < -0.4 is 10.0 Å². The minimum atomic E-state index is -3.63. The summed E-state index contributed by atoms with van der Waals surface area (Å²) in [6.07, 6.45) is 2.70. The van der Waals surface area contributed by atoms with E-state index in [0.717, 1.165) is 16.3 Å². The average Bonchev–Trinajstić information content (AvgIpc) is 2.67. The van der Waals surface area contributed by atoms with Crippen molar-refractivity contribution in [2.75, 3.05) is 13.1 Å². The van der Waals surface area contributed by atoms with Gasteiger partial charge in [0.25, 0.3) is 0 Å². The van der Waals surface area contributed by atoms with Gasteiger partial charge in [0.15, 0.2) is 0 Å². The Morgan fingerprint density at radius 1 is 1.04 bits per heavy atom. The van der Waals surface area contributed by atoms with Crippen molar-refractivity contribution in [3.8, 4) is 0 Å². The first-order valence-corrected chi connectivity index (χ1v) is 10.2. The second kappa shape index (κ2) is 8.58. The standard InChI is InChI=1S/C20H23N3O3S/c1-15(12-22-14-20(24)16-5-3-2-4-6-16)23-27(25,26)19-8-7-18-13-21-10-9-17(18)11-19/h2-11,13,15,20,22-24H,12,14H2,1H3/t15-,20+/m1/s1. The van der Waals surface area contributed by atoms with Gasteiger partial charge < -0.3 is 10.4 Å². The highest BCUT2D eigenvalue weighted by Crippen LogP contribution is 2.18. The highest BCUT2D eigenvalue weighted by Gasteiger charge is 2.18. The van der Waals surface area contributed by atoms with Crippen LogP contribution >= 0.6 is 0 Å². The fourth-order valence-electron chi connectivity index (χ4n) is 2.83. The number of benzene rings is 2. The summed E-state index contributed by atoms with van der Waals surface area (Å²) in [5, 5.41) is 15.0. The molecular formula is C20H23N3O3S. The summed E-state index contributed by atoms with van der Waals surface area (Å²) >= 11 is 0. The lowest BCUT2D eigenvalue weighted by molar-refractivity contribution is 0.174. The Morgan fingerprint density at radius 2 is 1.81 bits per heavy atom. The molecule has 0 amide bonds. The zero-order chi connectivity index (χ0) is 19.3. The van der Waals surface area contributed by atoms with Crippen molar-refractivity contribution in [3.05, 3.63) is 72.6 Å². The van der Waals surface area contributed by atoms with Crippen LogP contribution in [-0.4, -0.2) is 37.6 Å². The van der Waals surface area contributed by atoms with Crippen molar-refractivity contribution in [1.82, 2.24) is 15.0 Å². The molecule has 0 aliphatic rings. The molecule has 3 aromatic rings. The van der Waals surface area contributed by atoms with Gasteiger partial charge in [-0.1, -0.05) is 36.4 Å². The molecular weight excluding hydrogens is 362 g/mol. The molecule has 6 nitrogen and oxygen atoms in total. The Kier molecular flexibility index (Phi) is 6.18. The summed E-state index contributed by atoms with van der Waals surface area (Å²) in [5.74, 6) is 0. The zero-order valence-electron chi connectivity index (χ0n) is 15.0. The van der Waals surface area contributed by atoms with Gasteiger partial charge in [-0.15, -0.1) is 0 Å². The summed E-state index contributed by atoms with van der Waals surface area (Å²) in [6, 6.07) is 15.8. The van der Waals surface area contributed by atoms with Crippen molar-refractivity contribution < 1.29 is 13.5 Å². The first-order chi connectivity index (χ1) is 13.0. The molecule has 0 radical (unpaired) electrons. The molecule has 0 bridgehead atoms. The van der Waals surface area contributed by atoms with Crippen molar-refractivity contribution in [2.45, 2.75) is 24.0 Å². The van der Waals surface area contributed by atoms with Crippen LogP contribution in [0.5, 0.6) is 0 Å². The van der Waals surface area contributed by atoms with Gasteiger partial charge in [0.05, 0.1) is 11.0 Å². The number of pyridine rings is 1. The summed E-state index contributed by atoms with van der Waals surface area (Å²) in [4.78, 5) is 4.25. The van der Waals surface area contributed by atoms with Gasteiger partial charge in [0, 0.05) is 36.9 Å². The van der Waals surface area contributed by atoms with E-state index in [4.69, 9.17) is 0 Å². The molecule has 0 aliphatic heterocycles. The van der Waals surface area contributed by atoms with E-state index in [1.165, 1.54) is 0 Å². The topological polar surface area (TPSA) is 91.3 Å². The summed E-state index contributed by atoms with van der Waals surface area (Å²) in [5.41, 5.74) is 0.823. The van der Waals surface area contributed by atoms with Crippen LogP contribution in [0.15, 0.2) is 71.9 Å². The van der Waals surface area contributed by atoms with Crippen LogP contribution in [0.3, 0.4) is 0 Å². The number of hydrogen-bond acceptors (Lipinski definition) is 5. The lowest BCUT2D eigenvalue weighted by Gasteiger charge is -2.17. The van der Waals surface area contributed by atoms with E-state index in [9.17, 15) is 13.5 Å². The predicted octanol–water partition coefficient (Wildman–Crippen LogP) is 2.22. The van der Waals surface area contributed by atoms with E-state index in [1.807, 2.05) is 30.3 Å². The molecule has 0 fully saturated rings. The molecule has 2 aromatic carbocycles. The van der Waals surface area contributed by atoms with E-state index >= 15 is 0 Å². The molecule has 0 saturated heterocycles. The largest absolute Gasteiger partial charge is 0.387 e. The fourth-order valence-corrected chi connectivity index (χ4v) is 4.11. The third-order valence-electron chi connectivity index (χ3n) is 4.25. The Morgan fingerprint density at radius 3 is 2.59 bits per heavy atom. The minimum absolute atomic E-state index is 0.220. The smallest absolute Gasteiger partial charge is 0.240 e. The molecule has 0 aliphatic carbocycles. The van der Waals surface area contributed by atoms with Crippen molar-refractivity contribution in [1.29, 1.82) is 0 Å². The Hall–Kier alpha value is -2.32. The summed E-state index contributed by atoms with van der Waals surface area (Å²) < 4.78 is 27.9. The van der Waals surface area contributed by atoms with Crippen LogP contribution in [0.4, 0.5) is 0 Å². The van der Waals surface area contributed by atoms with Crippen LogP contribution in [0, 0.1) is 0 Å². The normalized spacial score (nSPS) is 14.1. The molecule has 0 saturated carbocycles. The number of aromatic nitrogens is 1. The van der Waals surface area contributed by atoms with Gasteiger partial charge >= 0.3 is 0 Å². The second-order valence-corrected chi connectivity index (χ2v) is 8.21. The highest BCUT2D eigenvalue weighted by molar-refractivity contribution is 7.89. The van der Waals surface area contributed by atoms with E-state index in [-0.39, 0.29) is 10.9 Å². The molecule has 7 heteroatoms. The maximum Gasteiger partial charge on any atom is 0.240 e. The first-order valence-electron chi connectivity index (χ1n) is 8.75. The van der Waals surface area contributed by atoms with Gasteiger partial charge in [-0.3, -0.25) is 4.98 Å². The number of aliphatic hydroxyl groups is 1. The number of aliphatic hydroxyl groups excluding tert-OH is 1. The molecule has 1 aromatic heterocycles. The number of hydrogen-bond donors (Lipinski definition) is 3. The fraction of sp³-hybridized carbons (Fsp3) is 0.250. The highest BCUT2D eigenvalue weighted by atomic mass is 32.2. The molecule has 27 heavy (non-hydrogen) atoms. The lowest BCUT2D eigenvalue weighted by atomic mass is 10.1. The van der Waals surface area contributed by atoms with Crippen LogP contribution in [0.25, 0.3) is 10.8 Å². The number of nitrogens with one attached hydrogen (secondary N) is 2. The van der Waals surface area contributed by atoms with E-state index in [0.29, 0.717) is 13.1 Å². The zero-order valence-corrected chi connectivity index (χ0v) is 15.9. The number of sulfonamides is 1. The number of nitrogens with zero attached hydrogens (tertiary/aromatic N) is 1. The van der Waals surface area contributed by atoms with Crippen LogP contribution in [0.2, 0.25) is 0 Å². The quantitative estimate of drug-likeness (QED) is 0.553. The van der Waals surface area contributed by atoms with E-state index in [1.54, 1.807) is 43.6 Å². The van der Waals surface area contributed by atoms with E-state index < -0.39 is 16.1 Å². The van der Waals surface area contributed by atoms with E-state index in [2.05, 4.69) is 15.0 Å². The van der Waals surface area contributed by atoms with Gasteiger partial charge in [-0.2, -0.15) is 0 Å². The first kappa shape index (κ1) is 19.4. The summed E-state index contributed by atoms with van der Waals surface area (Å²) in [7, 11) is -3.63. The van der Waals surface area contributed by atoms with Gasteiger partial charge in [0.1, 0.15) is 0 Å². The van der Waals surface area contributed by atoms with Crippen molar-refractivity contribution in [3.63, 3.8) is 0 Å². The van der Waals surface area contributed by atoms with Crippen LogP contribution in [-0.2, 0) is 10.0 Å². The Balaban J connectivity index is 1.56. The van der Waals surface area contributed by atoms with Crippen molar-refractivity contribution in [2.24, 2.45) is 0 Å². The van der Waals surface area contributed by atoms with Crippen LogP contribution in [0.1, 0.15) is 18.6 Å².